The van der Waals surface area contributed by atoms with Gasteiger partial charge in [-0.05, 0) is 42.5 Å². The maximum absolute atomic E-state index is 6.21. The Hall–Kier alpha value is -1.70. The zero-order chi connectivity index (χ0) is 19.3. The fourth-order valence-corrected chi connectivity index (χ4v) is 5.36. The van der Waals surface area contributed by atoms with E-state index < -0.39 is 12.1 Å². The predicted octanol–water partition coefficient (Wildman–Crippen LogP) is 2.95. The first-order chi connectivity index (χ1) is 13.6. The van der Waals surface area contributed by atoms with E-state index in [1.54, 1.807) is 14.2 Å². The third-order valence-electron chi connectivity index (χ3n) is 6.73. The summed E-state index contributed by atoms with van der Waals surface area (Å²) in [6, 6.07) is 8.74. The second-order valence-corrected chi connectivity index (χ2v) is 8.11. The molecular formula is C22H28N2O4. The van der Waals surface area contributed by atoms with Gasteiger partial charge in [-0.1, -0.05) is 24.8 Å². The van der Waals surface area contributed by atoms with Gasteiger partial charge in [0.15, 0.2) is 18.4 Å². The van der Waals surface area contributed by atoms with Crippen molar-refractivity contribution < 1.29 is 18.9 Å². The second-order valence-electron chi connectivity index (χ2n) is 8.11. The van der Waals surface area contributed by atoms with Gasteiger partial charge in [0.25, 0.3) is 0 Å². The van der Waals surface area contributed by atoms with Crippen molar-refractivity contribution in [3.05, 3.63) is 48.2 Å². The third-order valence-corrected chi connectivity index (χ3v) is 6.73. The second kappa shape index (κ2) is 6.97. The molecule has 1 saturated carbocycles. The molecule has 3 saturated heterocycles. The summed E-state index contributed by atoms with van der Waals surface area (Å²) < 4.78 is 23.6. The fraction of sp³-hybridized carbons (Fsp3) is 0.545. The Labute approximate surface area is 165 Å². The zero-order valence-corrected chi connectivity index (χ0v) is 16.4. The minimum Gasteiger partial charge on any atom is -0.361 e. The van der Waals surface area contributed by atoms with Crippen molar-refractivity contribution in [3.8, 4) is 0 Å². The summed E-state index contributed by atoms with van der Waals surface area (Å²) >= 11 is 0. The van der Waals surface area contributed by atoms with Crippen LogP contribution in [-0.2, 0) is 25.4 Å². The van der Waals surface area contributed by atoms with Crippen LogP contribution in [0.3, 0.4) is 0 Å². The van der Waals surface area contributed by atoms with Gasteiger partial charge in [-0.25, -0.2) is 0 Å². The Morgan fingerprint density at radius 1 is 1.32 bits per heavy atom. The van der Waals surface area contributed by atoms with Crippen molar-refractivity contribution in [3.63, 3.8) is 0 Å². The average Bonchev–Trinajstić information content (AvgIpc) is 3.14. The molecule has 2 N–H and O–H groups in total. The lowest BCUT2D eigenvalue weighted by atomic mass is 9.66. The van der Waals surface area contributed by atoms with E-state index >= 15 is 0 Å². The van der Waals surface area contributed by atoms with Crippen LogP contribution >= 0.6 is 0 Å². The Bertz CT molecular complexity index is 880. The topological polar surface area (TPSA) is 64.7 Å². The smallest absolute Gasteiger partial charge is 0.186 e. The number of hydrogen-bond acceptors (Lipinski definition) is 5. The molecule has 0 amide bonds. The van der Waals surface area contributed by atoms with Gasteiger partial charge in [0.2, 0.25) is 0 Å². The average molecular weight is 384 g/mol. The molecule has 0 unspecified atom stereocenters. The molecule has 1 aromatic heterocycles. The summed E-state index contributed by atoms with van der Waals surface area (Å²) in [5.74, 6) is -0.380. The van der Waals surface area contributed by atoms with Crippen LogP contribution in [0.25, 0.3) is 10.9 Å². The fourth-order valence-electron chi connectivity index (χ4n) is 5.36. The Kier molecular flexibility index (Phi) is 4.56. The standard InChI is InChI=1S/C22H28N2O4/c1-13-17-10-15(11-22(26-3)19(17)21(25-2)27-20(13)28-22)23-9-8-14-12-24-18-7-5-4-6-16(14)18/h4-7,12,15,17,19-21,23-24H,1,8-11H2,2-3H3/t15-,17-,19+,20+,21+,22+/m0/s1. The summed E-state index contributed by atoms with van der Waals surface area (Å²) in [6.45, 7) is 5.15. The van der Waals surface area contributed by atoms with Gasteiger partial charge in [-0.15, -0.1) is 0 Å². The molecular weight excluding hydrogens is 356 g/mol. The molecule has 2 aromatic rings. The van der Waals surface area contributed by atoms with E-state index in [1.165, 1.54) is 16.5 Å². The number of methoxy groups -OCH3 is 2. The number of ether oxygens (including phenoxy) is 4. The summed E-state index contributed by atoms with van der Waals surface area (Å²) in [7, 11) is 3.41. The highest BCUT2D eigenvalue weighted by Crippen LogP contribution is 2.56. The van der Waals surface area contributed by atoms with Gasteiger partial charge in [0, 0.05) is 43.8 Å². The van der Waals surface area contributed by atoms with E-state index in [2.05, 4.69) is 47.3 Å². The quantitative estimate of drug-likeness (QED) is 0.750. The maximum Gasteiger partial charge on any atom is 0.186 e. The van der Waals surface area contributed by atoms with E-state index in [0.29, 0.717) is 6.04 Å². The summed E-state index contributed by atoms with van der Waals surface area (Å²) in [4.78, 5) is 3.35. The van der Waals surface area contributed by atoms with E-state index in [1.807, 2.05) is 0 Å². The van der Waals surface area contributed by atoms with E-state index in [9.17, 15) is 0 Å². The SMILES string of the molecule is C=C1[C@@H]2O[C@@H](OC)[C@H]3[C@H]1C[C@H](NCCc1c[nH]c4ccccc14)C[C@@]3(OC)O2. The van der Waals surface area contributed by atoms with Gasteiger partial charge in [-0.2, -0.15) is 0 Å². The van der Waals surface area contributed by atoms with Crippen LogP contribution in [0.15, 0.2) is 42.6 Å². The number of aromatic nitrogens is 1. The molecule has 28 heavy (non-hydrogen) atoms. The van der Waals surface area contributed by atoms with E-state index in [-0.39, 0.29) is 18.1 Å². The number of nitrogens with one attached hydrogen (secondary N) is 2. The van der Waals surface area contributed by atoms with Gasteiger partial charge >= 0.3 is 0 Å². The van der Waals surface area contributed by atoms with Crippen LogP contribution in [0.2, 0.25) is 0 Å². The number of rotatable bonds is 6. The lowest BCUT2D eigenvalue weighted by molar-refractivity contribution is -0.445. The summed E-state index contributed by atoms with van der Waals surface area (Å²) in [6.07, 6.45) is 4.14. The van der Waals surface area contributed by atoms with E-state index in [4.69, 9.17) is 18.9 Å². The molecule has 0 radical (unpaired) electrons. The van der Waals surface area contributed by atoms with Crippen LogP contribution in [0, 0.1) is 11.8 Å². The van der Waals surface area contributed by atoms with Gasteiger partial charge in [0.05, 0.1) is 5.92 Å². The number of aromatic amines is 1. The Morgan fingerprint density at radius 3 is 3.00 bits per heavy atom. The molecule has 3 aliphatic heterocycles. The van der Waals surface area contributed by atoms with Crippen LogP contribution in [-0.4, -0.2) is 50.2 Å². The lowest BCUT2D eigenvalue weighted by Crippen LogP contribution is -2.69. The van der Waals surface area contributed by atoms with Gasteiger partial charge < -0.3 is 29.2 Å². The molecule has 6 nitrogen and oxygen atoms in total. The molecule has 1 aromatic carbocycles. The molecule has 1 aliphatic carbocycles. The van der Waals surface area contributed by atoms with Crippen molar-refractivity contribution in [1.29, 1.82) is 0 Å². The van der Waals surface area contributed by atoms with Crippen molar-refractivity contribution >= 4 is 10.9 Å². The van der Waals surface area contributed by atoms with Crippen molar-refractivity contribution in [1.82, 2.24) is 10.3 Å². The van der Waals surface area contributed by atoms with Crippen molar-refractivity contribution in [2.45, 2.75) is 43.7 Å². The Balaban J connectivity index is 1.28. The molecule has 150 valence electrons. The van der Waals surface area contributed by atoms with Gasteiger partial charge in [0.1, 0.15) is 0 Å². The Morgan fingerprint density at radius 2 is 2.18 bits per heavy atom. The van der Waals surface area contributed by atoms with E-state index in [0.717, 1.165) is 31.4 Å². The number of hydrogen-bond donors (Lipinski definition) is 2. The molecule has 6 rings (SSSR count). The molecule has 4 bridgehead atoms. The number of fused-ring (bicyclic) bond motifs is 2. The minimum absolute atomic E-state index is 0.0201. The zero-order valence-electron chi connectivity index (χ0n) is 16.4. The van der Waals surface area contributed by atoms with Crippen LogP contribution in [0.5, 0.6) is 0 Å². The van der Waals surface area contributed by atoms with Crippen molar-refractivity contribution in [2.75, 3.05) is 20.8 Å². The largest absolute Gasteiger partial charge is 0.361 e. The van der Waals surface area contributed by atoms with Crippen LogP contribution in [0.1, 0.15) is 18.4 Å². The highest BCUT2D eigenvalue weighted by Gasteiger charge is 2.64. The van der Waals surface area contributed by atoms with Crippen molar-refractivity contribution in [2.24, 2.45) is 11.8 Å². The lowest BCUT2D eigenvalue weighted by Gasteiger charge is -2.61. The molecule has 6 heteroatoms. The highest BCUT2D eigenvalue weighted by molar-refractivity contribution is 5.83. The monoisotopic (exact) mass is 384 g/mol. The highest BCUT2D eigenvalue weighted by atomic mass is 16.8. The first-order valence-corrected chi connectivity index (χ1v) is 10.0. The summed E-state index contributed by atoms with van der Waals surface area (Å²) in [5, 5.41) is 5.03. The molecule has 4 fully saturated rings. The number of benzene rings is 1. The van der Waals surface area contributed by atoms with Gasteiger partial charge in [-0.3, -0.25) is 0 Å². The minimum atomic E-state index is -0.674. The maximum atomic E-state index is 6.21. The van der Waals surface area contributed by atoms with Crippen LogP contribution in [0.4, 0.5) is 0 Å². The first kappa shape index (κ1) is 18.3. The predicted molar refractivity (Wildman–Crippen MR) is 106 cm³/mol. The normalized spacial score (nSPS) is 36.9. The third kappa shape index (κ3) is 2.75. The molecule has 0 spiro atoms. The molecule has 6 atom stereocenters. The first-order valence-electron chi connectivity index (χ1n) is 10.0. The number of para-hydroxylation sites is 1. The summed E-state index contributed by atoms with van der Waals surface area (Å²) in [5.41, 5.74) is 3.54. The molecule has 4 heterocycles. The number of H-pyrrole nitrogens is 1. The van der Waals surface area contributed by atoms with Crippen LogP contribution < -0.4 is 5.32 Å². The molecule has 4 aliphatic rings.